The van der Waals surface area contributed by atoms with Gasteiger partial charge in [-0.1, -0.05) is 17.7 Å². The third-order valence-corrected chi connectivity index (χ3v) is 4.02. The van der Waals surface area contributed by atoms with Gasteiger partial charge >= 0.3 is 0 Å². The van der Waals surface area contributed by atoms with E-state index in [2.05, 4.69) is 16.9 Å². The second-order valence-corrected chi connectivity index (χ2v) is 5.85. The highest BCUT2D eigenvalue weighted by Gasteiger charge is 2.17. The highest BCUT2D eigenvalue weighted by molar-refractivity contribution is 6.30. The molecule has 0 unspecified atom stereocenters. The average Bonchev–Trinajstić information content (AvgIpc) is 2.95. The zero-order chi connectivity index (χ0) is 17.3. The van der Waals surface area contributed by atoms with Crippen LogP contribution in [0.4, 0.5) is 15.8 Å². The van der Waals surface area contributed by atoms with Crippen LogP contribution in [0.1, 0.15) is 15.9 Å². The maximum absolute atomic E-state index is 14.9. The van der Waals surface area contributed by atoms with Crippen LogP contribution in [0.3, 0.4) is 0 Å². The van der Waals surface area contributed by atoms with Gasteiger partial charge in [-0.2, -0.15) is 0 Å². The summed E-state index contributed by atoms with van der Waals surface area (Å²) in [6.07, 6.45) is 3.84. The lowest BCUT2D eigenvalue weighted by atomic mass is 10.1. The lowest BCUT2D eigenvalue weighted by Crippen LogP contribution is -2.02. The fourth-order valence-electron chi connectivity index (χ4n) is 2.58. The second-order valence-electron chi connectivity index (χ2n) is 5.41. The summed E-state index contributed by atoms with van der Waals surface area (Å²) in [5.74, 6) is -0.563. The van der Waals surface area contributed by atoms with Crippen molar-refractivity contribution in [2.75, 3.05) is 5.32 Å². The predicted molar refractivity (Wildman–Crippen MR) is 94.7 cm³/mol. The Bertz CT molecular complexity index is 949. The van der Waals surface area contributed by atoms with Gasteiger partial charge in [0.25, 0.3) is 0 Å². The predicted octanol–water partition coefficient (Wildman–Crippen LogP) is 4.88. The Kier molecular flexibility index (Phi) is 4.36. The number of nitrogens with one attached hydrogen (secondary N) is 1. The highest BCUT2D eigenvalue weighted by atomic mass is 35.5. The maximum Gasteiger partial charge on any atom is 0.175 e. The number of hydrogen-bond donors (Lipinski definition) is 1. The number of rotatable bonds is 5. The Hall–Kier alpha value is -2.66. The van der Waals surface area contributed by atoms with Crippen LogP contribution in [0.2, 0.25) is 5.02 Å². The van der Waals surface area contributed by atoms with Crippen LogP contribution in [0, 0.1) is 12.7 Å². The summed E-state index contributed by atoms with van der Waals surface area (Å²) in [6, 6.07) is 6.83. The lowest BCUT2D eigenvalue weighted by Gasteiger charge is -2.13. The third kappa shape index (κ3) is 2.78. The normalized spacial score (nSPS) is 10.8. The molecule has 0 atom stereocenters. The van der Waals surface area contributed by atoms with Gasteiger partial charge in [0.05, 0.1) is 17.5 Å². The van der Waals surface area contributed by atoms with Gasteiger partial charge in [0.2, 0.25) is 0 Å². The first kappa shape index (κ1) is 16.2. The van der Waals surface area contributed by atoms with E-state index in [1.165, 1.54) is 6.33 Å². The Labute approximate surface area is 143 Å². The van der Waals surface area contributed by atoms with Crippen LogP contribution >= 0.6 is 11.6 Å². The number of allylic oxidation sites excluding steroid dienone is 1. The summed E-state index contributed by atoms with van der Waals surface area (Å²) in [5.41, 5.74) is 2.60. The quantitative estimate of drug-likeness (QED) is 0.530. The number of aldehydes is 1. The average molecular weight is 344 g/mol. The number of imidazole rings is 1. The van der Waals surface area contributed by atoms with Crippen molar-refractivity contribution in [3.8, 4) is 0 Å². The van der Waals surface area contributed by atoms with E-state index < -0.39 is 5.82 Å². The van der Waals surface area contributed by atoms with Gasteiger partial charge in [-0.25, -0.2) is 9.37 Å². The van der Waals surface area contributed by atoms with Crippen molar-refractivity contribution in [3.05, 3.63) is 65.2 Å². The minimum Gasteiger partial charge on any atom is -0.352 e. The number of aromatic nitrogens is 2. The molecule has 0 bridgehead atoms. The Morgan fingerprint density at radius 2 is 2.21 bits per heavy atom. The Balaban J connectivity index is 2.15. The summed E-state index contributed by atoms with van der Waals surface area (Å²) in [5, 5.41) is 3.58. The van der Waals surface area contributed by atoms with Crippen molar-refractivity contribution in [2.24, 2.45) is 0 Å². The molecule has 3 aromatic rings. The van der Waals surface area contributed by atoms with Gasteiger partial charge in [-0.3, -0.25) is 4.79 Å². The molecule has 3 rings (SSSR count). The maximum atomic E-state index is 14.9. The molecular formula is C18H15ClFN3O. The highest BCUT2D eigenvalue weighted by Crippen LogP contribution is 2.31. The van der Waals surface area contributed by atoms with E-state index in [1.807, 2.05) is 6.92 Å². The summed E-state index contributed by atoms with van der Waals surface area (Å²) in [4.78, 5) is 15.6. The van der Waals surface area contributed by atoms with Crippen LogP contribution in [0.25, 0.3) is 11.0 Å². The molecule has 24 heavy (non-hydrogen) atoms. The number of halogens is 2. The first-order valence-corrected chi connectivity index (χ1v) is 7.69. The number of aryl methyl sites for hydroxylation is 1. The van der Waals surface area contributed by atoms with Gasteiger partial charge in [-0.15, -0.1) is 6.58 Å². The lowest BCUT2D eigenvalue weighted by molar-refractivity contribution is 0.112. The zero-order valence-corrected chi connectivity index (χ0v) is 13.8. The third-order valence-electron chi connectivity index (χ3n) is 3.79. The molecule has 0 aliphatic rings. The van der Waals surface area contributed by atoms with Gasteiger partial charge in [0.1, 0.15) is 5.52 Å². The van der Waals surface area contributed by atoms with E-state index in [-0.39, 0.29) is 16.8 Å². The smallest absolute Gasteiger partial charge is 0.175 e. The van der Waals surface area contributed by atoms with Crippen molar-refractivity contribution in [1.82, 2.24) is 9.55 Å². The molecule has 0 aliphatic carbocycles. The van der Waals surface area contributed by atoms with Crippen molar-refractivity contribution < 1.29 is 9.18 Å². The monoisotopic (exact) mass is 343 g/mol. The molecule has 2 aromatic carbocycles. The SMILES string of the molecule is C=CCn1cnc2c(F)c(Nc3ccc(Cl)cc3C)c(C=O)cc21. The molecule has 1 N–H and O–H groups in total. The molecule has 122 valence electrons. The van der Waals surface area contributed by atoms with Crippen LogP contribution in [-0.2, 0) is 6.54 Å². The summed E-state index contributed by atoms with van der Waals surface area (Å²) < 4.78 is 16.6. The van der Waals surface area contributed by atoms with E-state index in [4.69, 9.17) is 11.6 Å². The van der Waals surface area contributed by atoms with Crippen LogP contribution < -0.4 is 5.32 Å². The van der Waals surface area contributed by atoms with Crippen LogP contribution in [0.5, 0.6) is 0 Å². The number of anilines is 2. The topological polar surface area (TPSA) is 46.9 Å². The standard InChI is InChI=1S/C18H15ClFN3O/c1-3-6-23-10-21-18-15(23)8-12(9-24)17(16(18)20)22-14-5-4-13(19)7-11(14)2/h3-5,7-10,22H,1,6H2,2H3. The molecule has 0 amide bonds. The molecule has 0 spiro atoms. The van der Waals surface area contributed by atoms with Crippen molar-refractivity contribution in [2.45, 2.75) is 13.5 Å². The minimum atomic E-state index is -0.563. The van der Waals surface area contributed by atoms with E-state index >= 15 is 0 Å². The minimum absolute atomic E-state index is 0.103. The van der Waals surface area contributed by atoms with Crippen LogP contribution in [-0.4, -0.2) is 15.8 Å². The fraction of sp³-hybridized carbons (Fsp3) is 0.111. The Morgan fingerprint density at radius 1 is 1.42 bits per heavy atom. The molecule has 0 fully saturated rings. The number of nitrogens with zero attached hydrogens (tertiary/aromatic N) is 2. The van der Waals surface area contributed by atoms with Gasteiger partial charge in [0, 0.05) is 22.8 Å². The summed E-state index contributed by atoms with van der Waals surface area (Å²) >= 11 is 5.94. The number of benzene rings is 2. The molecule has 4 nitrogen and oxygen atoms in total. The van der Waals surface area contributed by atoms with E-state index in [0.29, 0.717) is 29.1 Å². The second kappa shape index (κ2) is 6.45. The van der Waals surface area contributed by atoms with Crippen molar-refractivity contribution in [3.63, 3.8) is 0 Å². The number of carbonyl (C=O) groups is 1. The van der Waals surface area contributed by atoms with Crippen molar-refractivity contribution >= 4 is 40.3 Å². The number of hydrogen-bond acceptors (Lipinski definition) is 3. The molecule has 6 heteroatoms. The van der Waals surface area contributed by atoms with Crippen LogP contribution in [0.15, 0.2) is 43.2 Å². The number of carbonyl (C=O) groups excluding carboxylic acids is 1. The molecule has 0 aliphatic heterocycles. The first-order valence-electron chi connectivity index (χ1n) is 7.31. The summed E-state index contributed by atoms with van der Waals surface area (Å²) in [7, 11) is 0. The van der Waals surface area contributed by atoms with E-state index in [9.17, 15) is 9.18 Å². The van der Waals surface area contributed by atoms with Gasteiger partial charge < -0.3 is 9.88 Å². The molecule has 0 radical (unpaired) electrons. The first-order chi connectivity index (χ1) is 11.5. The fourth-order valence-corrected chi connectivity index (χ4v) is 2.81. The van der Waals surface area contributed by atoms with E-state index in [1.54, 1.807) is 34.9 Å². The van der Waals surface area contributed by atoms with E-state index in [0.717, 1.165) is 5.56 Å². The molecule has 0 saturated heterocycles. The molecule has 1 heterocycles. The van der Waals surface area contributed by atoms with Gasteiger partial charge in [-0.05, 0) is 36.8 Å². The molecule has 1 aromatic heterocycles. The van der Waals surface area contributed by atoms with Gasteiger partial charge in [0.15, 0.2) is 12.1 Å². The largest absolute Gasteiger partial charge is 0.352 e. The van der Waals surface area contributed by atoms with Crippen molar-refractivity contribution in [1.29, 1.82) is 0 Å². The molecular weight excluding hydrogens is 329 g/mol. The number of fused-ring (bicyclic) bond motifs is 1. The Morgan fingerprint density at radius 3 is 2.88 bits per heavy atom. The zero-order valence-electron chi connectivity index (χ0n) is 13.0. The molecule has 0 saturated carbocycles. The summed E-state index contributed by atoms with van der Waals surface area (Å²) in [6.45, 7) is 6.00.